The molecule has 2 heteroatoms. The van der Waals surface area contributed by atoms with Crippen LogP contribution in [0.5, 0.6) is 0 Å². The number of carbonyl (C=O) groups excluding carboxylic acids is 1. The molecule has 1 aliphatic carbocycles. The molecule has 17 heavy (non-hydrogen) atoms. The van der Waals surface area contributed by atoms with Crippen molar-refractivity contribution < 1.29 is 4.79 Å². The molecule has 1 heterocycles. The van der Waals surface area contributed by atoms with E-state index in [2.05, 4.69) is 43.4 Å². The molecule has 0 bridgehead atoms. The SMILES string of the molecule is CC1(C)CC(=O)NC2CCc3ccccc3C21. The first-order chi connectivity index (χ1) is 8.08. The first-order valence-electron chi connectivity index (χ1n) is 6.45. The Morgan fingerprint density at radius 2 is 2.06 bits per heavy atom. The van der Waals surface area contributed by atoms with E-state index < -0.39 is 0 Å². The molecular formula is C15H19NO. The Morgan fingerprint density at radius 3 is 2.88 bits per heavy atom. The van der Waals surface area contributed by atoms with Crippen LogP contribution in [0.4, 0.5) is 0 Å². The third-order valence-corrected chi connectivity index (χ3v) is 4.32. The van der Waals surface area contributed by atoms with E-state index in [1.807, 2.05) is 0 Å². The molecule has 1 fully saturated rings. The highest BCUT2D eigenvalue weighted by Gasteiger charge is 2.45. The number of piperidine rings is 1. The molecular weight excluding hydrogens is 210 g/mol. The highest BCUT2D eigenvalue weighted by molar-refractivity contribution is 5.78. The van der Waals surface area contributed by atoms with Crippen LogP contribution in [0, 0.1) is 5.41 Å². The summed E-state index contributed by atoms with van der Waals surface area (Å²) in [4.78, 5) is 11.7. The van der Waals surface area contributed by atoms with Crippen LogP contribution in [-0.4, -0.2) is 11.9 Å². The van der Waals surface area contributed by atoms with E-state index in [1.54, 1.807) is 0 Å². The molecule has 0 saturated carbocycles. The predicted octanol–water partition coefficient (Wildman–Crippen LogP) is 2.63. The quantitative estimate of drug-likeness (QED) is 0.728. The summed E-state index contributed by atoms with van der Waals surface area (Å²) in [6.07, 6.45) is 2.81. The van der Waals surface area contributed by atoms with Gasteiger partial charge in [-0.05, 0) is 29.4 Å². The molecule has 1 amide bonds. The van der Waals surface area contributed by atoms with Crippen LogP contribution in [0.1, 0.15) is 43.7 Å². The van der Waals surface area contributed by atoms with Crippen molar-refractivity contribution in [1.82, 2.24) is 5.32 Å². The van der Waals surface area contributed by atoms with Crippen molar-refractivity contribution in [3.8, 4) is 0 Å². The number of amides is 1. The Hall–Kier alpha value is -1.31. The van der Waals surface area contributed by atoms with Gasteiger partial charge < -0.3 is 5.32 Å². The van der Waals surface area contributed by atoms with E-state index in [1.165, 1.54) is 11.1 Å². The predicted molar refractivity (Wildman–Crippen MR) is 67.8 cm³/mol. The zero-order valence-corrected chi connectivity index (χ0v) is 10.5. The van der Waals surface area contributed by atoms with Crippen molar-refractivity contribution in [3.05, 3.63) is 35.4 Å². The number of rotatable bonds is 0. The molecule has 1 aromatic rings. The van der Waals surface area contributed by atoms with Crippen LogP contribution in [0.25, 0.3) is 0 Å². The van der Waals surface area contributed by atoms with E-state index in [4.69, 9.17) is 0 Å². The van der Waals surface area contributed by atoms with Gasteiger partial charge in [0.25, 0.3) is 0 Å². The van der Waals surface area contributed by atoms with Gasteiger partial charge in [-0.2, -0.15) is 0 Å². The molecule has 0 spiro atoms. The lowest BCUT2D eigenvalue weighted by Crippen LogP contribution is -2.53. The fraction of sp³-hybridized carbons (Fsp3) is 0.533. The normalized spacial score (nSPS) is 30.1. The Kier molecular flexibility index (Phi) is 2.29. The zero-order valence-electron chi connectivity index (χ0n) is 10.5. The smallest absolute Gasteiger partial charge is 0.220 e. The topological polar surface area (TPSA) is 29.1 Å². The van der Waals surface area contributed by atoms with Crippen LogP contribution < -0.4 is 5.32 Å². The van der Waals surface area contributed by atoms with Crippen LogP contribution in [0.2, 0.25) is 0 Å². The highest BCUT2D eigenvalue weighted by Crippen LogP contribution is 2.47. The lowest BCUT2D eigenvalue weighted by molar-refractivity contribution is -0.127. The molecule has 0 aromatic heterocycles. The average Bonchev–Trinajstić information content (AvgIpc) is 2.26. The van der Waals surface area contributed by atoms with E-state index >= 15 is 0 Å². The maximum Gasteiger partial charge on any atom is 0.220 e. The maximum absolute atomic E-state index is 11.7. The van der Waals surface area contributed by atoms with Crippen molar-refractivity contribution in [2.24, 2.45) is 5.41 Å². The molecule has 2 atom stereocenters. The van der Waals surface area contributed by atoms with E-state index in [0.29, 0.717) is 18.4 Å². The summed E-state index contributed by atoms with van der Waals surface area (Å²) >= 11 is 0. The molecule has 2 aliphatic rings. The van der Waals surface area contributed by atoms with E-state index in [-0.39, 0.29) is 11.3 Å². The largest absolute Gasteiger partial charge is 0.353 e. The standard InChI is InChI=1S/C15H19NO/c1-15(2)9-13(17)16-12-8-7-10-5-3-4-6-11(10)14(12)15/h3-6,12,14H,7-9H2,1-2H3,(H,16,17). The number of aryl methyl sites for hydroxylation is 1. The van der Waals surface area contributed by atoms with Gasteiger partial charge in [0.2, 0.25) is 5.91 Å². The number of hydrogen-bond donors (Lipinski definition) is 1. The van der Waals surface area contributed by atoms with Crippen molar-refractivity contribution in [2.75, 3.05) is 0 Å². The van der Waals surface area contributed by atoms with Crippen molar-refractivity contribution in [2.45, 2.75) is 45.1 Å². The molecule has 1 saturated heterocycles. The van der Waals surface area contributed by atoms with Gasteiger partial charge in [-0.3, -0.25) is 4.79 Å². The first kappa shape index (κ1) is 10.8. The van der Waals surface area contributed by atoms with Crippen LogP contribution in [0.3, 0.4) is 0 Å². The maximum atomic E-state index is 11.7. The second kappa shape index (κ2) is 3.59. The number of carbonyl (C=O) groups is 1. The van der Waals surface area contributed by atoms with Gasteiger partial charge in [0.15, 0.2) is 0 Å². The second-order valence-corrected chi connectivity index (χ2v) is 6.05. The fourth-order valence-electron chi connectivity index (χ4n) is 3.66. The van der Waals surface area contributed by atoms with Crippen molar-refractivity contribution in [1.29, 1.82) is 0 Å². The molecule has 1 aromatic carbocycles. The molecule has 1 aliphatic heterocycles. The second-order valence-electron chi connectivity index (χ2n) is 6.05. The monoisotopic (exact) mass is 229 g/mol. The Labute approximate surface area is 102 Å². The fourth-order valence-corrected chi connectivity index (χ4v) is 3.66. The molecule has 3 rings (SSSR count). The van der Waals surface area contributed by atoms with Crippen LogP contribution in [-0.2, 0) is 11.2 Å². The minimum atomic E-state index is 0.0729. The molecule has 90 valence electrons. The molecule has 1 N–H and O–H groups in total. The Morgan fingerprint density at radius 1 is 1.29 bits per heavy atom. The zero-order chi connectivity index (χ0) is 12.0. The van der Waals surface area contributed by atoms with Gasteiger partial charge in [0.05, 0.1) is 0 Å². The Balaban J connectivity index is 2.08. The summed E-state index contributed by atoms with van der Waals surface area (Å²) in [5.74, 6) is 0.695. The van der Waals surface area contributed by atoms with Gasteiger partial charge in [0.1, 0.15) is 0 Å². The molecule has 2 unspecified atom stereocenters. The van der Waals surface area contributed by atoms with E-state index in [0.717, 1.165) is 12.8 Å². The van der Waals surface area contributed by atoms with Gasteiger partial charge in [-0.25, -0.2) is 0 Å². The first-order valence-corrected chi connectivity index (χ1v) is 6.45. The summed E-state index contributed by atoms with van der Waals surface area (Å²) in [5.41, 5.74) is 3.00. The van der Waals surface area contributed by atoms with Gasteiger partial charge in [-0.1, -0.05) is 38.1 Å². The third kappa shape index (κ3) is 1.67. The number of fused-ring (bicyclic) bond motifs is 3. The Bertz CT molecular complexity index is 464. The summed E-state index contributed by atoms with van der Waals surface area (Å²) in [6, 6.07) is 9.05. The highest BCUT2D eigenvalue weighted by atomic mass is 16.1. The number of nitrogens with one attached hydrogen (secondary N) is 1. The summed E-state index contributed by atoms with van der Waals surface area (Å²) in [7, 11) is 0. The van der Waals surface area contributed by atoms with Crippen molar-refractivity contribution in [3.63, 3.8) is 0 Å². The molecule has 2 nitrogen and oxygen atoms in total. The number of hydrogen-bond acceptors (Lipinski definition) is 1. The minimum Gasteiger partial charge on any atom is -0.353 e. The van der Waals surface area contributed by atoms with Gasteiger partial charge >= 0.3 is 0 Å². The third-order valence-electron chi connectivity index (χ3n) is 4.32. The van der Waals surface area contributed by atoms with Gasteiger partial charge in [-0.15, -0.1) is 0 Å². The van der Waals surface area contributed by atoms with Crippen LogP contribution >= 0.6 is 0 Å². The lowest BCUT2D eigenvalue weighted by Gasteiger charge is -2.47. The van der Waals surface area contributed by atoms with Gasteiger partial charge in [0, 0.05) is 18.4 Å². The number of benzene rings is 1. The van der Waals surface area contributed by atoms with Crippen molar-refractivity contribution >= 4 is 5.91 Å². The van der Waals surface area contributed by atoms with Crippen LogP contribution in [0.15, 0.2) is 24.3 Å². The summed E-state index contributed by atoms with van der Waals surface area (Å²) in [6.45, 7) is 4.46. The summed E-state index contributed by atoms with van der Waals surface area (Å²) in [5, 5.41) is 3.18. The average molecular weight is 229 g/mol. The summed E-state index contributed by atoms with van der Waals surface area (Å²) < 4.78 is 0. The van der Waals surface area contributed by atoms with E-state index in [9.17, 15) is 4.79 Å². The minimum absolute atomic E-state index is 0.0729. The lowest BCUT2D eigenvalue weighted by atomic mass is 9.62. The molecule has 0 radical (unpaired) electrons.